The number of methoxy groups -OCH3 is 1. The van der Waals surface area contributed by atoms with Crippen LogP contribution in [-0.2, 0) is 16.1 Å². The van der Waals surface area contributed by atoms with Crippen molar-refractivity contribution in [2.24, 2.45) is 16.7 Å². The summed E-state index contributed by atoms with van der Waals surface area (Å²) in [6, 6.07) is 10.8. The van der Waals surface area contributed by atoms with Gasteiger partial charge in [-0.2, -0.15) is 0 Å². The fourth-order valence-corrected chi connectivity index (χ4v) is 4.14. The van der Waals surface area contributed by atoms with Gasteiger partial charge in [-0.3, -0.25) is 9.69 Å². The van der Waals surface area contributed by atoms with E-state index < -0.39 is 5.41 Å². The molecule has 0 bridgehead atoms. The van der Waals surface area contributed by atoms with Crippen LogP contribution in [0.1, 0.15) is 46.6 Å². The highest BCUT2D eigenvalue weighted by Crippen LogP contribution is 2.48. The van der Waals surface area contributed by atoms with Crippen molar-refractivity contribution in [3.05, 3.63) is 35.9 Å². The minimum atomic E-state index is -0.415. The van der Waals surface area contributed by atoms with Crippen LogP contribution >= 0.6 is 0 Å². The summed E-state index contributed by atoms with van der Waals surface area (Å²) < 4.78 is 5.24. The van der Waals surface area contributed by atoms with Crippen LogP contribution in [0.15, 0.2) is 30.3 Å². The first kappa shape index (κ1) is 18.0. The van der Waals surface area contributed by atoms with Crippen LogP contribution in [0.5, 0.6) is 0 Å². The van der Waals surface area contributed by atoms with Crippen LogP contribution in [0.4, 0.5) is 0 Å². The molecule has 0 saturated carbocycles. The molecule has 2 rings (SSSR count). The van der Waals surface area contributed by atoms with E-state index in [1.54, 1.807) is 0 Å². The zero-order valence-electron chi connectivity index (χ0n) is 15.4. The Morgan fingerprint density at radius 2 is 1.87 bits per heavy atom. The predicted molar refractivity (Wildman–Crippen MR) is 94.0 cm³/mol. The highest BCUT2D eigenvalue weighted by molar-refractivity contribution is 5.78. The lowest BCUT2D eigenvalue weighted by atomic mass is 9.67. The normalized spacial score (nSPS) is 28.8. The summed E-state index contributed by atoms with van der Waals surface area (Å²) in [6.07, 6.45) is 0.851. The average molecular weight is 317 g/mol. The number of nitrogens with zero attached hydrogens (tertiary/aromatic N) is 1. The van der Waals surface area contributed by atoms with Gasteiger partial charge in [-0.1, -0.05) is 58.0 Å². The molecule has 1 saturated heterocycles. The van der Waals surface area contributed by atoms with Gasteiger partial charge in [0.25, 0.3) is 0 Å². The Kier molecular flexibility index (Phi) is 5.20. The summed E-state index contributed by atoms with van der Waals surface area (Å²) in [5, 5.41) is 0. The number of benzene rings is 1. The minimum Gasteiger partial charge on any atom is -0.469 e. The van der Waals surface area contributed by atoms with Gasteiger partial charge in [0.15, 0.2) is 0 Å². The van der Waals surface area contributed by atoms with Crippen molar-refractivity contribution >= 4 is 5.97 Å². The first-order chi connectivity index (χ1) is 10.7. The maximum absolute atomic E-state index is 12.7. The Morgan fingerprint density at radius 1 is 1.26 bits per heavy atom. The molecule has 0 spiro atoms. The Balaban J connectivity index is 2.28. The summed E-state index contributed by atoms with van der Waals surface area (Å²) in [6.45, 7) is 12.7. The molecule has 128 valence electrons. The third-order valence-corrected chi connectivity index (χ3v) is 5.32. The van der Waals surface area contributed by atoms with Gasteiger partial charge in [-0.15, -0.1) is 0 Å². The van der Waals surface area contributed by atoms with Crippen molar-refractivity contribution in [1.29, 1.82) is 0 Å². The van der Waals surface area contributed by atoms with E-state index in [0.29, 0.717) is 6.04 Å². The van der Waals surface area contributed by atoms with Crippen molar-refractivity contribution in [2.45, 2.75) is 53.6 Å². The zero-order chi connectivity index (χ0) is 17.3. The van der Waals surface area contributed by atoms with Crippen molar-refractivity contribution in [3.63, 3.8) is 0 Å². The van der Waals surface area contributed by atoms with Crippen LogP contribution < -0.4 is 0 Å². The molecular formula is C20H31NO2. The summed E-state index contributed by atoms with van der Waals surface area (Å²) in [4.78, 5) is 15.2. The topological polar surface area (TPSA) is 29.5 Å². The molecule has 3 heteroatoms. The van der Waals surface area contributed by atoms with Gasteiger partial charge in [0, 0.05) is 19.1 Å². The second-order valence-corrected chi connectivity index (χ2v) is 8.31. The number of hydrogen-bond donors (Lipinski definition) is 0. The standard InChI is InChI=1S/C20H31NO2/c1-15-16(2)21(12-17-10-8-7-9-11-17)14-20(15,18(22)23-6)13-19(3,4)5/h7-11,15-16H,12-14H2,1-6H3/t15-,16-,20+/m1/s1. The molecule has 1 heterocycles. The number of ether oxygens (including phenoxy) is 1. The van der Waals surface area contributed by atoms with Crippen molar-refractivity contribution in [1.82, 2.24) is 4.90 Å². The van der Waals surface area contributed by atoms with E-state index in [4.69, 9.17) is 4.74 Å². The molecule has 0 amide bonds. The Labute approximate surface area is 141 Å². The molecule has 0 aromatic heterocycles. The van der Waals surface area contributed by atoms with Gasteiger partial charge in [-0.05, 0) is 30.2 Å². The quantitative estimate of drug-likeness (QED) is 0.782. The van der Waals surface area contributed by atoms with E-state index in [2.05, 4.69) is 63.8 Å². The fourth-order valence-electron chi connectivity index (χ4n) is 4.14. The van der Waals surface area contributed by atoms with Crippen LogP contribution in [0, 0.1) is 16.7 Å². The first-order valence-electron chi connectivity index (χ1n) is 8.56. The van der Waals surface area contributed by atoms with Gasteiger partial charge in [0.2, 0.25) is 0 Å². The summed E-state index contributed by atoms with van der Waals surface area (Å²) >= 11 is 0. The number of carbonyl (C=O) groups excluding carboxylic acids is 1. The number of rotatable bonds is 4. The van der Waals surface area contributed by atoms with E-state index in [9.17, 15) is 4.79 Å². The van der Waals surface area contributed by atoms with Gasteiger partial charge in [-0.25, -0.2) is 0 Å². The molecule has 1 aliphatic heterocycles. The number of hydrogen-bond acceptors (Lipinski definition) is 3. The average Bonchev–Trinajstić information content (AvgIpc) is 2.72. The van der Waals surface area contributed by atoms with E-state index in [1.165, 1.54) is 12.7 Å². The van der Waals surface area contributed by atoms with Gasteiger partial charge in [0.1, 0.15) is 0 Å². The smallest absolute Gasteiger partial charge is 0.313 e. The molecule has 0 N–H and O–H groups in total. The maximum Gasteiger partial charge on any atom is 0.313 e. The Bertz CT molecular complexity index is 534. The molecule has 1 aromatic rings. The highest BCUT2D eigenvalue weighted by Gasteiger charge is 2.55. The predicted octanol–water partition coefficient (Wildman–Crippen LogP) is 4.12. The molecule has 3 atom stereocenters. The van der Waals surface area contributed by atoms with Gasteiger partial charge < -0.3 is 4.74 Å². The molecule has 0 radical (unpaired) electrons. The zero-order valence-corrected chi connectivity index (χ0v) is 15.4. The molecule has 3 nitrogen and oxygen atoms in total. The van der Waals surface area contributed by atoms with Crippen molar-refractivity contribution in [2.75, 3.05) is 13.7 Å². The maximum atomic E-state index is 12.7. The van der Waals surface area contributed by atoms with E-state index in [-0.39, 0.29) is 17.3 Å². The van der Waals surface area contributed by atoms with Gasteiger partial charge >= 0.3 is 5.97 Å². The molecule has 1 aromatic carbocycles. The molecule has 1 fully saturated rings. The fraction of sp³-hybridized carbons (Fsp3) is 0.650. The third-order valence-electron chi connectivity index (χ3n) is 5.32. The van der Waals surface area contributed by atoms with Crippen molar-refractivity contribution < 1.29 is 9.53 Å². The largest absolute Gasteiger partial charge is 0.469 e. The number of esters is 1. The Morgan fingerprint density at radius 3 is 2.39 bits per heavy atom. The molecule has 0 unspecified atom stereocenters. The van der Waals surface area contributed by atoms with Crippen LogP contribution in [0.25, 0.3) is 0 Å². The molecule has 1 aliphatic rings. The van der Waals surface area contributed by atoms with Crippen molar-refractivity contribution in [3.8, 4) is 0 Å². The van der Waals surface area contributed by atoms with Crippen LogP contribution in [0.3, 0.4) is 0 Å². The van der Waals surface area contributed by atoms with E-state index in [1.807, 2.05) is 6.07 Å². The summed E-state index contributed by atoms with van der Waals surface area (Å²) in [5.41, 5.74) is 0.967. The second-order valence-electron chi connectivity index (χ2n) is 8.31. The molecular weight excluding hydrogens is 286 g/mol. The monoisotopic (exact) mass is 317 g/mol. The highest BCUT2D eigenvalue weighted by atomic mass is 16.5. The van der Waals surface area contributed by atoms with Crippen LogP contribution in [0.2, 0.25) is 0 Å². The van der Waals surface area contributed by atoms with E-state index >= 15 is 0 Å². The summed E-state index contributed by atoms with van der Waals surface area (Å²) in [7, 11) is 1.52. The van der Waals surface area contributed by atoms with Gasteiger partial charge in [0.05, 0.1) is 12.5 Å². The van der Waals surface area contributed by atoms with E-state index in [0.717, 1.165) is 19.5 Å². The lowest BCUT2D eigenvalue weighted by Crippen LogP contribution is -2.42. The lowest BCUT2D eigenvalue weighted by Gasteiger charge is -2.36. The minimum absolute atomic E-state index is 0.0534. The van der Waals surface area contributed by atoms with Crippen LogP contribution in [-0.4, -0.2) is 30.6 Å². The molecule has 23 heavy (non-hydrogen) atoms. The summed E-state index contributed by atoms with van der Waals surface area (Å²) in [5.74, 6) is 0.222. The second kappa shape index (κ2) is 6.64. The number of likely N-dealkylation sites (tertiary alicyclic amines) is 1. The molecule has 0 aliphatic carbocycles. The SMILES string of the molecule is COC(=O)[C@@]1(CC(C)(C)C)CN(Cc2ccccc2)[C@H](C)[C@H]1C. The Hall–Kier alpha value is -1.35. The first-order valence-corrected chi connectivity index (χ1v) is 8.56. The third kappa shape index (κ3) is 3.77. The lowest BCUT2D eigenvalue weighted by molar-refractivity contribution is -0.156. The number of carbonyl (C=O) groups is 1.